The molecule has 5 nitrogen and oxygen atoms in total. The summed E-state index contributed by atoms with van der Waals surface area (Å²) in [4.78, 5) is 11.6. The van der Waals surface area contributed by atoms with E-state index in [9.17, 15) is 4.79 Å². The van der Waals surface area contributed by atoms with Gasteiger partial charge in [0.25, 0.3) is 5.91 Å². The van der Waals surface area contributed by atoms with Gasteiger partial charge in [0.1, 0.15) is 5.75 Å². The molecule has 104 valence electrons. The first-order valence-electron chi connectivity index (χ1n) is 6.28. The minimum absolute atomic E-state index is 0.0602. The van der Waals surface area contributed by atoms with Crippen LogP contribution in [0.3, 0.4) is 0 Å². The molecule has 1 aromatic heterocycles. The Kier molecular flexibility index (Phi) is 4.55. The lowest BCUT2D eigenvalue weighted by molar-refractivity contribution is -0.123. The Balaban J connectivity index is 1.80. The highest BCUT2D eigenvalue weighted by Gasteiger charge is 2.03. The highest BCUT2D eigenvalue weighted by molar-refractivity contribution is 5.81. The molecule has 2 aromatic rings. The molecule has 0 fully saturated rings. The highest BCUT2D eigenvalue weighted by atomic mass is 16.5. The molecule has 0 radical (unpaired) electrons. The minimum Gasteiger partial charge on any atom is -0.483 e. The Labute approximate surface area is 117 Å². The van der Waals surface area contributed by atoms with Gasteiger partial charge in [-0.1, -0.05) is 18.2 Å². The zero-order valence-corrected chi connectivity index (χ0v) is 11.5. The number of aryl methyl sites for hydroxylation is 2. The summed E-state index contributed by atoms with van der Waals surface area (Å²) in [6, 6.07) is 11.4. The van der Waals surface area contributed by atoms with Crippen molar-refractivity contribution in [1.82, 2.24) is 9.99 Å². The van der Waals surface area contributed by atoms with Crippen molar-refractivity contribution in [2.24, 2.45) is 12.1 Å². The lowest BCUT2D eigenvalue weighted by Crippen LogP contribution is -2.24. The van der Waals surface area contributed by atoms with Crippen molar-refractivity contribution in [3.05, 3.63) is 53.9 Å². The van der Waals surface area contributed by atoms with Crippen molar-refractivity contribution in [3.63, 3.8) is 0 Å². The van der Waals surface area contributed by atoms with Crippen LogP contribution < -0.4 is 10.2 Å². The molecule has 0 aliphatic heterocycles. The number of amides is 1. The molecule has 0 unspecified atom stereocenters. The van der Waals surface area contributed by atoms with E-state index in [0.717, 1.165) is 11.3 Å². The van der Waals surface area contributed by atoms with Crippen LogP contribution in [0.5, 0.6) is 5.75 Å². The number of hydrazone groups is 1. The molecule has 0 saturated carbocycles. The van der Waals surface area contributed by atoms with Gasteiger partial charge in [-0.15, -0.1) is 0 Å². The normalized spacial score (nSPS) is 10.7. The molecule has 0 bridgehead atoms. The molecule has 0 atom stereocenters. The number of carbonyl (C=O) groups is 1. The van der Waals surface area contributed by atoms with Crippen molar-refractivity contribution in [1.29, 1.82) is 0 Å². The molecule has 1 aromatic carbocycles. The molecule has 1 N–H and O–H groups in total. The zero-order valence-electron chi connectivity index (χ0n) is 11.5. The monoisotopic (exact) mass is 271 g/mol. The number of hydrogen-bond acceptors (Lipinski definition) is 3. The van der Waals surface area contributed by atoms with Gasteiger partial charge in [-0.25, -0.2) is 5.43 Å². The van der Waals surface area contributed by atoms with E-state index in [-0.39, 0.29) is 12.5 Å². The van der Waals surface area contributed by atoms with Crippen LogP contribution in [0.1, 0.15) is 11.3 Å². The van der Waals surface area contributed by atoms with E-state index in [0.29, 0.717) is 5.75 Å². The molecule has 0 aliphatic carbocycles. The van der Waals surface area contributed by atoms with Gasteiger partial charge >= 0.3 is 0 Å². The maximum Gasteiger partial charge on any atom is 0.277 e. The lowest BCUT2D eigenvalue weighted by atomic mass is 10.2. The maximum atomic E-state index is 11.6. The molecule has 0 aliphatic rings. The van der Waals surface area contributed by atoms with Gasteiger partial charge in [0.2, 0.25) is 0 Å². The second kappa shape index (κ2) is 6.56. The number of carbonyl (C=O) groups excluding carboxylic acids is 1. The molecular weight excluding hydrogens is 254 g/mol. The molecule has 0 saturated heterocycles. The Morgan fingerprint density at radius 2 is 2.15 bits per heavy atom. The first kappa shape index (κ1) is 13.9. The van der Waals surface area contributed by atoms with Gasteiger partial charge in [-0.3, -0.25) is 4.79 Å². The molecule has 1 heterocycles. The SMILES string of the molecule is Cc1ccccc1OCC(=O)NN=Cc1cccn1C. The molecule has 20 heavy (non-hydrogen) atoms. The molecule has 2 rings (SSSR count). The standard InChI is InChI=1S/C15H17N3O2/c1-12-6-3-4-8-14(12)20-11-15(19)17-16-10-13-7-5-9-18(13)2/h3-10H,11H2,1-2H3,(H,17,19). The Hall–Kier alpha value is -2.56. The molecule has 5 heteroatoms. The minimum atomic E-state index is -0.293. The Bertz CT molecular complexity index is 617. The molecule has 0 spiro atoms. The van der Waals surface area contributed by atoms with Crippen molar-refractivity contribution in [2.45, 2.75) is 6.92 Å². The summed E-state index contributed by atoms with van der Waals surface area (Å²) in [7, 11) is 1.91. The van der Waals surface area contributed by atoms with Gasteiger partial charge in [0.15, 0.2) is 6.61 Å². The number of nitrogens with zero attached hydrogens (tertiary/aromatic N) is 2. The summed E-state index contributed by atoms with van der Waals surface area (Å²) in [5, 5.41) is 3.88. The highest BCUT2D eigenvalue weighted by Crippen LogP contribution is 2.15. The predicted octanol–water partition coefficient (Wildman–Crippen LogP) is 1.86. The van der Waals surface area contributed by atoms with Crippen LogP contribution in [0.15, 0.2) is 47.7 Å². The van der Waals surface area contributed by atoms with E-state index < -0.39 is 0 Å². The van der Waals surface area contributed by atoms with Crippen molar-refractivity contribution in [3.8, 4) is 5.75 Å². The summed E-state index contributed by atoms with van der Waals surface area (Å²) in [6.45, 7) is 1.87. The number of benzene rings is 1. The molecular formula is C15H17N3O2. The summed E-state index contributed by atoms with van der Waals surface area (Å²) in [5.41, 5.74) is 4.33. The second-order valence-electron chi connectivity index (χ2n) is 4.39. The first-order chi connectivity index (χ1) is 9.66. The first-order valence-corrected chi connectivity index (χ1v) is 6.28. The van der Waals surface area contributed by atoms with E-state index >= 15 is 0 Å². The third-order valence-corrected chi connectivity index (χ3v) is 2.82. The van der Waals surface area contributed by atoms with Crippen LogP contribution in [0, 0.1) is 6.92 Å². The second-order valence-corrected chi connectivity index (χ2v) is 4.39. The van der Waals surface area contributed by atoms with Gasteiger partial charge < -0.3 is 9.30 Å². The molecule has 1 amide bonds. The van der Waals surface area contributed by atoms with Gasteiger partial charge in [0.05, 0.1) is 11.9 Å². The van der Waals surface area contributed by atoms with E-state index in [2.05, 4.69) is 10.5 Å². The smallest absolute Gasteiger partial charge is 0.277 e. The van der Waals surface area contributed by atoms with Crippen LogP contribution >= 0.6 is 0 Å². The zero-order chi connectivity index (χ0) is 14.4. The summed E-state index contributed by atoms with van der Waals surface area (Å²) < 4.78 is 7.32. The quantitative estimate of drug-likeness (QED) is 0.666. The summed E-state index contributed by atoms with van der Waals surface area (Å²) in [5.74, 6) is 0.410. The topological polar surface area (TPSA) is 55.6 Å². The fraction of sp³-hybridized carbons (Fsp3) is 0.200. The van der Waals surface area contributed by atoms with Crippen molar-refractivity contribution in [2.75, 3.05) is 6.61 Å². The Morgan fingerprint density at radius 3 is 2.85 bits per heavy atom. The van der Waals surface area contributed by atoms with Crippen LogP contribution in [0.2, 0.25) is 0 Å². The number of nitrogens with one attached hydrogen (secondary N) is 1. The van der Waals surface area contributed by atoms with Crippen LogP contribution in [0.4, 0.5) is 0 Å². The van der Waals surface area contributed by atoms with E-state index in [4.69, 9.17) is 4.74 Å². The number of ether oxygens (including phenoxy) is 1. The van der Waals surface area contributed by atoms with E-state index in [1.807, 2.05) is 61.1 Å². The summed E-state index contributed by atoms with van der Waals surface area (Å²) in [6.07, 6.45) is 3.50. The van der Waals surface area contributed by atoms with Crippen LogP contribution in [-0.2, 0) is 11.8 Å². The van der Waals surface area contributed by atoms with Crippen molar-refractivity contribution < 1.29 is 9.53 Å². The van der Waals surface area contributed by atoms with Gasteiger partial charge in [-0.05, 0) is 30.7 Å². The third-order valence-electron chi connectivity index (χ3n) is 2.82. The van der Waals surface area contributed by atoms with Gasteiger partial charge in [0, 0.05) is 13.2 Å². The third kappa shape index (κ3) is 3.71. The maximum absolute atomic E-state index is 11.6. The van der Waals surface area contributed by atoms with E-state index in [1.54, 1.807) is 6.21 Å². The fourth-order valence-corrected chi connectivity index (χ4v) is 1.67. The predicted molar refractivity (Wildman–Crippen MR) is 77.8 cm³/mol. The van der Waals surface area contributed by atoms with Crippen LogP contribution in [0.25, 0.3) is 0 Å². The largest absolute Gasteiger partial charge is 0.483 e. The summed E-state index contributed by atoms with van der Waals surface area (Å²) >= 11 is 0. The lowest BCUT2D eigenvalue weighted by Gasteiger charge is -2.07. The Morgan fingerprint density at radius 1 is 1.35 bits per heavy atom. The number of aromatic nitrogens is 1. The van der Waals surface area contributed by atoms with E-state index in [1.165, 1.54) is 0 Å². The average Bonchev–Trinajstić information content (AvgIpc) is 2.84. The number of rotatable bonds is 5. The number of para-hydroxylation sites is 1. The van der Waals surface area contributed by atoms with Crippen LogP contribution in [-0.4, -0.2) is 23.3 Å². The number of hydrogen-bond donors (Lipinski definition) is 1. The van der Waals surface area contributed by atoms with Gasteiger partial charge in [-0.2, -0.15) is 5.10 Å². The fourth-order valence-electron chi connectivity index (χ4n) is 1.67. The van der Waals surface area contributed by atoms with Crippen molar-refractivity contribution >= 4 is 12.1 Å². The average molecular weight is 271 g/mol.